The minimum absolute atomic E-state index is 0.133. The molecular formula is C15H20FNO. The van der Waals surface area contributed by atoms with E-state index in [-0.39, 0.29) is 17.1 Å². The highest BCUT2D eigenvalue weighted by atomic mass is 19.1. The second kappa shape index (κ2) is 4.81. The monoisotopic (exact) mass is 249 g/mol. The van der Waals surface area contributed by atoms with Crippen LogP contribution in [0.15, 0.2) is 18.2 Å². The topological polar surface area (TPSA) is 20.3 Å². The Balaban J connectivity index is 2.37. The third-order valence-electron chi connectivity index (χ3n) is 4.13. The second-order valence-electron chi connectivity index (χ2n) is 5.43. The van der Waals surface area contributed by atoms with Crippen LogP contribution in [0.2, 0.25) is 0 Å². The maximum atomic E-state index is 13.3. The van der Waals surface area contributed by atoms with Crippen LogP contribution in [0.3, 0.4) is 0 Å². The maximum absolute atomic E-state index is 13.3. The molecule has 0 spiro atoms. The Morgan fingerprint density at radius 1 is 1.28 bits per heavy atom. The van der Waals surface area contributed by atoms with Crippen molar-refractivity contribution >= 4 is 5.78 Å². The van der Waals surface area contributed by atoms with Gasteiger partial charge in [0, 0.05) is 5.56 Å². The van der Waals surface area contributed by atoms with Crippen molar-refractivity contribution in [2.75, 3.05) is 14.1 Å². The summed E-state index contributed by atoms with van der Waals surface area (Å²) in [7, 11) is 3.92. The number of aryl methyl sites for hydroxylation is 1. The minimum atomic E-state index is -0.385. The number of carbonyl (C=O) groups excluding carboxylic acids is 1. The summed E-state index contributed by atoms with van der Waals surface area (Å²) in [6.45, 7) is 1.70. The molecule has 0 radical (unpaired) electrons. The molecule has 3 heteroatoms. The highest BCUT2D eigenvalue weighted by Gasteiger charge is 2.43. The third kappa shape index (κ3) is 2.07. The van der Waals surface area contributed by atoms with Crippen LogP contribution in [0.1, 0.15) is 41.6 Å². The number of ketones is 1. The molecule has 0 aromatic heterocycles. The lowest BCUT2D eigenvalue weighted by atomic mass is 9.86. The van der Waals surface area contributed by atoms with E-state index in [9.17, 15) is 9.18 Å². The fraction of sp³-hybridized carbons (Fsp3) is 0.533. The molecule has 2 rings (SSSR count). The smallest absolute Gasteiger partial charge is 0.183 e. The predicted octanol–water partition coefficient (Wildman–Crippen LogP) is 3.19. The summed E-state index contributed by atoms with van der Waals surface area (Å²) in [5.41, 5.74) is 0.779. The molecule has 1 aromatic carbocycles. The van der Waals surface area contributed by atoms with Crippen molar-refractivity contribution in [1.82, 2.24) is 4.90 Å². The van der Waals surface area contributed by atoms with E-state index in [1.807, 2.05) is 19.0 Å². The van der Waals surface area contributed by atoms with Gasteiger partial charge >= 0.3 is 0 Å². The number of halogens is 1. The molecule has 0 bridgehead atoms. The maximum Gasteiger partial charge on any atom is 0.183 e. The summed E-state index contributed by atoms with van der Waals surface area (Å²) < 4.78 is 13.3. The lowest BCUT2D eigenvalue weighted by Crippen LogP contribution is -2.48. The number of benzene rings is 1. The molecule has 18 heavy (non-hydrogen) atoms. The summed E-state index contributed by atoms with van der Waals surface area (Å²) in [5, 5.41) is 0. The van der Waals surface area contributed by atoms with Gasteiger partial charge in [-0.1, -0.05) is 12.8 Å². The number of hydrogen-bond donors (Lipinski definition) is 0. The fourth-order valence-corrected chi connectivity index (χ4v) is 2.89. The van der Waals surface area contributed by atoms with E-state index in [1.165, 1.54) is 6.07 Å². The first-order valence-corrected chi connectivity index (χ1v) is 6.46. The van der Waals surface area contributed by atoms with E-state index in [4.69, 9.17) is 0 Å². The van der Waals surface area contributed by atoms with Gasteiger partial charge in [-0.25, -0.2) is 4.39 Å². The van der Waals surface area contributed by atoms with Gasteiger partial charge in [-0.2, -0.15) is 0 Å². The lowest BCUT2D eigenvalue weighted by Gasteiger charge is -2.34. The Bertz CT molecular complexity index is 462. The van der Waals surface area contributed by atoms with Gasteiger partial charge in [0.15, 0.2) is 5.78 Å². The average Bonchev–Trinajstić information content (AvgIpc) is 2.82. The van der Waals surface area contributed by atoms with Gasteiger partial charge in [0.1, 0.15) is 5.82 Å². The highest BCUT2D eigenvalue weighted by molar-refractivity contribution is 6.03. The predicted molar refractivity (Wildman–Crippen MR) is 70.4 cm³/mol. The molecule has 1 aliphatic rings. The number of nitrogens with zero attached hydrogens (tertiary/aromatic N) is 1. The van der Waals surface area contributed by atoms with Crippen LogP contribution in [0.4, 0.5) is 4.39 Å². The Labute approximate surface area is 108 Å². The van der Waals surface area contributed by atoms with Crippen molar-refractivity contribution < 1.29 is 9.18 Å². The van der Waals surface area contributed by atoms with E-state index < -0.39 is 0 Å². The van der Waals surface area contributed by atoms with Gasteiger partial charge in [0.2, 0.25) is 0 Å². The van der Waals surface area contributed by atoms with Crippen molar-refractivity contribution in [2.45, 2.75) is 38.1 Å². The van der Waals surface area contributed by atoms with Gasteiger partial charge in [0.05, 0.1) is 5.54 Å². The zero-order chi connectivity index (χ0) is 13.3. The van der Waals surface area contributed by atoms with Crippen molar-refractivity contribution in [3.8, 4) is 0 Å². The zero-order valence-corrected chi connectivity index (χ0v) is 11.3. The number of hydrogen-bond acceptors (Lipinski definition) is 2. The zero-order valence-electron chi connectivity index (χ0n) is 11.3. The van der Waals surface area contributed by atoms with Crippen LogP contribution >= 0.6 is 0 Å². The molecule has 2 nitrogen and oxygen atoms in total. The van der Waals surface area contributed by atoms with Crippen LogP contribution < -0.4 is 0 Å². The number of Topliss-reactive ketones (excluding diaryl/α,β-unsaturated/α-hetero) is 1. The van der Waals surface area contributed by atoms with Crippen LogP contribution in [-0.4, -0.2) is 30.3 Å². The van der Waals surface area contributed by atoms with E-state index in [0.29, 0.717) is 11.1 Å². The van der Waals surface area contributed by atoms with Crippen LogP contribution in [-0.2, 0) is 0 Å². The molecule has 0 N–H and O–H groups in total. The Hall–Kier alpha value is -1.22. The quantitative estimate of drug-likeness (QED) is 0.767. The highest BCUT2D eigenvalue weighted by Crippen LogP contribution is 2.36. The molecule has 1 aliphatic carbocycles. The summed E-state index contributed by atoms with van der Waals surface area (Å²) in [6.07, 6.45) is 3.97. The molecular weight excluding hydrogens is 229 g/mol. The van der Waals surface area contributed by atoms with E-state index in [1.54, 1.807) is 19.1 Å². The van der Waals surface area contributed by atoms with Crippen LogP contribution in [0.25, 0.3) is 0 Å². The van der Waals surface area contributed by atoms with Gasteiger partial charge in [-0.05, 0) is 57.6 Å². The largest absolute Gasteiger partial charge is 0.297 e. The van der Waals surface area contributed by atoms with Crippen molar-refractivity contribution in [2.24, 2.45) is 0 Å². The van der Waals surface area contributed by atoms with Gasteiger partial charge < -0.3 is 0 Å². The first-order valence-electron chi connectivity index (χ1n) is 6.46. The molecule has 0 atom stereocenters. The molecule has 0 amide bonds. The molecule has 1 saturated carbocycles. The van der Waals surface area contributed by atoms with Gasteiger partial charge in [-0.3, -0.25) is 9.69 Å². The molecule has 1 aromatic rings. The number of rotatable bonds is 3. The Morgan fingerprint density at radius 2 is 1.89 bits per heavy atom. The lowest BCUT2D eigenvalue weighted by molar-refractivity contribution is 0.0693. The van der Waals surface area contributed by atoms with Gasteiger partial charge in [-0.15, -0.1) is 0 Å². The second-order valence-corrected chi connectivity index (χ2v) is 5.43. The summed E-state index contributed by atoms with van der Waals surface area (Å²) in [5.74, 6) is -0.120. The molecule has 0 unspecified atom stereocenters. The summed E-state index contributed by atoms with van der Waals surface area (Å²) in [6, 6.07) is 4.66. The molecule has 0 saturated heterocycles. The minimum Gasteiger partial charge on any atom is -0.297 e. The first kappa shape index (κ1) is 13.2. The standard InChI is InChI=1S/C15H20FNO/c1-11-10-12(6-7-13(11)16)14(18)15(17(2)3)8-4-5-9-15/h6-7,10H,4-5,8-9H2,1-3H3. The molecule has 98 valence electrons. The molecule has 0 heterocycles. The SMILES string of the molecule is Cc1cc(C(=O)C2(N(C)C)CCCC2)ccc1F. The average molecular weight is 249 g/mol. The van der Waals surface area contributed by atoms with E-state index in [0.717, 1.165) is 25.7 Å². The Kier molecular flexibility index (Phi) is 3.53. The number of likely N-dealkylation sites (N-methyl/N-ethyl adjacent to an activating group) is 1. The van der Waals surface area contributed by atoms with Crippen molar-refractivity contribution in [3.05, 3.63) is 35.1 Å². The summed E-state index contributed by atoms with van der Waals surface area (Å²) in [4.78, 5) is 14.7. The van der Waals surface area contributed by atoms with Crippen LogP contribution in [0, 0.1) is 12.7 Å². The molecule has 0 aliphatic heterocycles. The summed E-state index contributed by atoms with van der Waals surface area (Å²) >= 11 is 0. The first-order chi connectivity index (χ1) is 8.47. The molecule has 1 fully saturated rings. The van der Waals surface area contributed by atoms with Crippen molar-refractivity contribution in [3.63, 3.8) is 0 Å². The Morgan fingerprint density at radius 3 is 2.39 bits per heavy atom. The van der Waals surface area contributed by atoms with Crippen LogP contribution in [0.5, 0.6) is 0 Å². The van der Waals surface area contributed by atoms with Crippen molar-refractivity contribution in [1.29, 1.82) is 0 Å². The fourth-order valence-electron chi connectivity index (χ4n) is 2.89. The van der Waals surface area contributed by atoms with Gasteiger partial charge in [0.25, 0.3) is 0 Å². The third-order valence-corrected chi connectivity index (χ3v) is 4.13. The normalized spacial score (nSPS) is 18.3. The van der Waals surface area contributed by atoms with E-state index >= 15 is 0 Å². The van der Waals surface area contributed by atoms with E-state index in [2.05, 4.69) is 0 Å². The number of carbonyl (C=O) groups is 1.